The van der Waals surface area contributed by atoms with E-state index in [1.165, 1.54) is 0 Å². The minimum absolute atomic E-state index is 0.0538. The summed E-state index contributed by atoms with van der Waals surface area (Å²) in [6, 6.07) is 23.2. The average molecular weight is 564 g/mol. The molecule has 3 aromatic carbocycles. The molecule has 4 amide bonds. The Morgan fingerprint density at radius 1 is 0.833 bits per heavy atom. The Labute approximate surface area is 242 Å². The molecule has 0 spiro atoms. The fourth-order valence-electron chi connectivity index (χ4n) is 7.77. The van der Waals surface area contributed by atoms with Crippen LogP contribution in [0.15, 0.2) is 90.5 Å². The summed E-state index contributed by atoms with van der Waals surface area (Å²) in [6.07, 6.45) is 2.30. The van der Waals surface area contributed by atoms with Crippen LogP contribution in [0.25, 0.3) is 0 Å². The molecule has 0 unspecified atom stereocenters. The molecule has 3 aromatic rings. The molecule has 7 rings (SSSR count). The summed E-state index contributed by atoms with van der Waals surface area (Å²) < 4.78 is 0. The van der Waals surface area contributed by atoms with Gasteiger partial charge in [0.15, 0.2) is 0 Å². The summed E-state index contributed by atoms with van der Waals surface area (Å²) in [5, 5.41) is 21.7. The van der Waals surface area contributed by atoms with Crippen LogP contribution in [0.2, 0.25) is 0 Å². The number of phenols is 1. The molecule has 212 valence electrons. The van der Waals surface area contributed by atoms with Gasteiger partial charge in [0.05, 0.1) is 28.9 Å². The summed E-state index contributed by atoms with van der Waals surface area (Å²) in [4.78, 5) is 55.3. The van der Waals surface area contributed by atoms with Gasteiger partial charge >= 0.3 is 0 Å². The predicted octanol–water partition coefficient (Wildman–Crippen LogP) is 4.07. The number of amides is 4. The van der Waals surface area contributed by atoms with Gasteiger partial charge in [-0.05, 0) is 61.1 Å². The van der Waals surface area contributed by atoms with Crippen LogP contribution in [0.5, 0.6) is 5.75 Å². The molecular formula is C33H29N3O6. The molecule has 0 bridgehead atoms. The zero-order valence-corrected chi connectivity index (χ0v) is 22.8. The molecule has 2 heterocycles. The standard InChI is InChI=1S/C33H29N3O6/c1-18-7-11-21(12-8-18)34-35-30(39)26-17-25-23(15-16-24-27(25)31(40)36(42)29(24)38)28(19-9-13-22(37)14-10-19)33(26,32(35)41)20-5-3-2-4-6-20/h2-15,24-28,34,37,42H,16-17H2,1H3/t24-,25+,26-,27-,28-,33+/m0/s1. The molecule has 6 atom stereocenters. The second kappa shape index (κ2) is 9.39. The fraction of sp³-hybridized carbons (Fsp3) is 0.273. The fourth-order valence-corrected chi connectivity index (χ4v) is 7.77. The molecule has 42 heavy (non-hydrogen) atoms. The monoisotopic (exact) mass is 563 g/mol. The number of aryl methyl sites for hydroxylation is 1. The lowest BCUT2D eigenvalue weighted by Gasteiger charge is -2.50. The highest BCUT2D eigenvalue weighted by Gasteiger charge is 2.70. The van der Waals surface area contributed by atoms with E-state index in [1.807, 2.05) is 55.5 Å². The summed E-state index contributed by atoms with van der Waals surface area (Å²) in [6.45, 7) is 1.95. The SMILES string of the molecule is Cc1ccc(NN2C(=O)[C@@H]3C[C@@H]4C(=CC[C@@H]5C(=O)N(O)C(=O)[C@@H]54)[C@H](c4ccc(O)cc4)[C@]3(c3ccccc3)C2=O)cc1. The van der Waals surface area contributed by atoms with Crippen molar-refractivity contribution >= 4 is 29.3 Å². The zero-order chi connectivity index (χ0) is 29.3. The quantitative estimate of drug-likeness (QED) is 0.248. The summed E-state index contributed by atoms with van der Waals surface area (Å²) in [5.74, 6) is -5.77. The van der Waals surface area contributed by atoms with Crippen LogP contribution >= 0.6 is 0 Å². The number of allylic oxidation sites excluding steroid dienone is 2. The first-order valence-electron chi connectivity index (χ1n) is 14.1. The highest BCUT2D eigenvalue weighted by Crippen LogP contribution is 2.64. The van der Waals surface area contributed by atoms with Crippen molar-refractivity contribution in [2.45, 2.75) is 31.1 Å². The van der Waals surface area contributed by atoms with E-state index in [4.69, 9.17) is 0 Å². The molecule has 0 radical (unpaired) electrons. The van der Waals surface area contributed by atoms with Crippen molar-refractivity contribution in [1.82, 2.24) is 10.1 Å². The number of fused-ring (bicyclic) bond motifs is 4. The highest BCUT2D eigenvalue weighted by atomic mass is 16.5. The third kappa shape index (κ3) is 3.53. The molecule has 3 N–H and O–H groups in total. The van der Waals surface area contributed by atoms with Crippen LogP contribution in [0.1, 0.15) is 35.4 Å². The third-order valence-electron chi connectivity index (χ3n) is 9.60. The number of carbonyl (C=O) groups excluding carboxylic acids is 4. The van der Waals surface area contributed by atoms with E-state index in [-0.39, 0.29) is 23.7 Å². The zero-order valence-electron chi connectivity index (χ0n) is 22.8. The van der Waals surface area contributed by atoms with Crippen LogP contribution < -0.4 is 5.43 Å². The average Bonchev–Trinajstić information content (AvgIpc) is 3.36. The van der Waals surface area contributed by atoms with Crippen molar-refractivity contribution in [2.24, 2.45) is 23.7 Å². The Bertz CT molecular complexity index is 1650. The lowest BCUT2D eigenvalue weighted by atomic mass is 9.49. The first-order valence-corrected chi connectivity index (χ1v) is 14.1. The Hall–Kier alpha value is -4.76. The van der Waals surface area contributed by atoms with Crippen molar-refractivity contribution in [3.8, 4) is 5.75 Å². The van der Waals surface area contributed by atoms with E-state index >= 15 is 0 Å². The Kier molecular flexibility index (Phi) is 5.85. The van der Waals surface area contributed by atoms with Crippen molar-refractivity contribution in [2.75, 3.05) is 5.43 Å². The molecule has 9 heteroatoms. The van der Waals surface area contributed by atoms with E-state index in [2.05, 4.69) is 5.43 Å². The number of phenolic OH excluding ortho intramolecular Hbond substituents is 1. The lowest BCUT2D eigenvalue weighted by Crippen LogP contribution is -2.53. The number of rotatable bonds is 4. The predicted molar refractivity (Wildman–Crippen MR) is 151 cm³/mol. The van der Waals surface area contributed by atoms with Gasteiger partial charge in [-0.2, -0.15) is 10.1 Å². The van der Waals surface area contributed by atoms with Crippen LogP contribution in [0.4, 0.5) is 5.69 Å². The Morgan fingerprint density at radius 2 is 1.52 bits per heavy atom. The maximum atomic E-state index is 14.9. The van der Waals surface area contributed by atoms with Gasteiger partial charge < -0.3 is 5.11 Å². The smallest absolute Gasteiger partial charge is 0.260 e. The van der Waals surface area contributed by atoms with Gasteiger partial charge in [-0.3, -0.25) is 29.8 Å². The van der Waals surface area contributed by atoms with Gasteiger partial charge in [-0.25, -0.2) is 0 Å². The van der Waals surface area contributed by atoms with Crippen LogP contribution in [-0.4, -0.2) is 44.0 Å². The van der Waals surface area contributed by atoms with Crippen molar-refractivity contribution in [3.63, 3.8) is 0 Å². The van der Waals surface area contributed by atoms with Crippen molar-refractivity contribution in [3.05, 3.63) is 107 Å². The molecule has 2 aliphatic heterocycles. The van der Waals surface area contributed by atoms with E-state index in [0.717, 1.165) is 16.1 Å². The first kappa shape index (κ1) is 26.2. The Morgan fingerprint density at radius 3 is 2.21 bits per heavy atom. The number of hydrazine groups is 1. The van der Waals surface area contributed by atoms with Gasteiger partial charge in [0, 0.05) is 5.92 Å². The molecule has 1 saturated carbocycles. The number of hydrogen-bond acceptors (Lipinski definition) is 7. The number of benzene rings is 3. The van der Waals surface area contributed by atoms with E-state index in [1.54, 1.807) is 36.4 Å². The number of anilines is 1. The van der Waals surface area contributed by atoms with Crippen LogP contribution in [0.3, 0.4) is 0 Å². The van der Waals surface area contributed by atoms with Gasteiger partial charge in [0.25, 0.3) is 23.6 Å². The number of nitrogens with zero attached hydrogens (tertiary/aromatic N) is 2. The molecule has 9 nitrogen and oxygen atoms in total. The largest absolute Gasteiger partial charge is 0.508 e. The minimum atomic E-state index is -1.37. The molecule has 0 aromatic heterocycles. The number of carbonyl (C=O) groups is 4. The highest BCUT2D eigenvalue weighted by molar-refractivity contribution is 6.13. The van der Waals surface area contributed by atoms with Gasteiger partial charge in [0.2, 0.25) is 0 Å². The number of aromatic hydroxyl groups is 1. The maximum Gasteiger partial charge on any atom is 0.260 e. The minimum Gasteiger partial charge on any atom is -0.508 e. The summed E-state index contributed by atoms with van der Waals surface area (Å²) in [5.41, 5.74) is 5.45. The second-order valence-corrected chi connectivity index (χ2v) is 11.7. The second-order valence-electron chi connectivity index (χ2n) is 11.7. The number of hydrogen-bond donors (Lipinski definition) is 3. The first-order chi connectivity index (χ1) is 20.2. The molecular weight excluding hydrogens is 534 g/mol. The summed E-state index contributed by atoms with van der Waals surface area (Å²) in [7, 11) is 0. The summed E-state index contributed by atoms with van der Waals surface area (Å²) >= 11 is 0. The molecule has 4 aliphatic rings. The van der Waals surface area contributed by atoms with Crippen molar-refractivity contribution in [1.29, 1.82) is 0 Å². The molecule has 2 saturated heterocycles. The van der Waals surface area contributed by atoms with Gasteiger partial charge in [0.1, 0.15) is 5.75 Å². The number of nitrogens with one attached hydrogen (secondary N) is 1. The third-order valence-corrected chi connectivity index (χ3v) is 9.60. The van der Waals surface area contributed by atoms with E-state index in [0.29, 0.717) is 16.8 Å². The number of imide groups is 2. The Balaban J connectivity index is 1.45. The van der Waals surface area contributed by atoms with Crippen molar-refractivity contribution < 1.29 is 29.5 Å². The van der Waals surface area contributed by atoms with E-state index in [9.17, 15) is 29.5 Å². The van der Waals surface area contributed by atoms with Gasteiger partial charge in [-0.1, -0.05) is 71.8 Å². The topological polar surface area (TPSA) is 127 Å². The van der Waals surface area contributed by atoms with Crippen LogP contribution in [-0.2, 0) is 24.6 Å². The molecule has 3 fully saturated rings. The van der Waals surface area contributed by atoms with Crippen LogP contribution in [0, 0.1) is 30.6 Å². The van der Waals surface area contributed by atoms with Gasteiger partial charge in [-0.15, -0.1) is 0 Å². The molecule has 2 aliphatic carbocycles. The normalized spacial score (nSPS) is 30.1. The number of hydroxylamine groups is 2. The maximum absolute atomic E-state index is 14.9. The van der Waals surface area contributed by atoms with E-state index < -0.39 is 58.6 Å². The lowest BCUT2D eigenvalue weighted by molar-refractivity contribution is -0.173.